The molecule has 0 saturated carbocycles. The molecule has 0 aliphatic heterocycles. The monoisotopic (exact) mass is 388 g/mol. The number of H-pyrrole nitrogens is 1. The number of aromatic amines is 1. The molecule has 0 spiro atoms. The largest absolute Gasteiger partial charge is 0.351 e. The lowest BCUT2D eigenvalue weighted by Gasteiger charge is -2.17. The Bertz CT molecular complexity index is 1170. The van der Waals surface area contributed by atoms with Crippen LogP contribution < -0.4 is 0 Å². The predicted molar refractivity (Wildman–Crippen MR) is 113 cm³/mol. The van der Waals surface area contributed by atoms with E-state index >= 15 is 0 Å². The Morgan fingerprint density at radius 2 is 1.79 bits per heavy atom. The van der Waals surface area contributed by atoms with Crippen molar-refractivity contribution in [1.82, 2.24) is 20.0 Å². The van der Waals surface area contributed by atoms with Gasteiger partial charge in [0, 0.05) is 36.5 Å². The quantitative estimate of drug-likeness (QED) is 0.548. The number of carbonyl (C=O) groups excluding carboxylic acids is 1. The first kappa shape index (κ1) is 18.9. The van der Waals surface area contributed by atoms with Crippen LogP contribution in [0.25, 0.3) is 22.5 Å². The molecule has 0 unspecified atom stereocenters. The van der Waals surface area contributed by atoms with E-state index in [4.69, 9.17) is 4.52 Å². The Labute approximate surface area is 169 Å². The van der Waals surface area contributed by atoms with Crippen molar-refractivity contribution in [2.75, 3.05) is 13.6 Å². The molecule has 0 atom stereocenters. The Morgan fingerprint density at radius 3 is 2.55 bits per heavy atom. The van der Waals surface area contributed by atoms with Crippen molar-refractivity contribution >= 4 is 16.8 Å². The van der Waals surface area contributed by atoms with E-state index in [-0.39, 0.29) is 5.91 Å². The second kappa shape index (κ2) is 7.54. The summed E-state index contributed by atoms with van der Waals surface area (Å²) in [5, 5.41) is 5.18. The van der Waals surface area contributed by atoms with Crippen LogP contribution in [0.15, 0.2) is 47.0 Å². The van der Waals surface area contributed by atoms with Crippen molar-refractivity contribution in [3.63, 3.8) is 0 Å². The predicted octanol–water partition coefficient (Wildman–Crippen LogP) is 4.46. The number of likely N-dealkylation sites (N-methyl/N-ethyl adjacent to an activating group) is 1. The molecule has 2 aromatic heterocycles. The van der Waals surface area contributed by atoms with Gasteiger partial charge in [-0.25, -0.2) is 0 Å². The molecule has 0 bridgehead atoms. The van der Waals surface area contributed by atoms with E-state index in [1.165, 1.54) is 5.56 Å². The molecule has 4 rings (SSSR count). The van der Waals surface area contributed by atoms with E-state index in [0.717, 1.165) is 27.7 Å². The van der Waals surface area contributed by atoms with Gasteiger partial charge in [0.25, 0.3) is 11.8 Å². The zero-order valence-electron chi connectivity index (χ0n) is 17.1. The average molecular weight is 388 g/mol. The summed E-state index contributed by atoms with van der Waals surface area (Å²) in [5.41, 5.74) is 5.89. The van der Waals surface area contributed by atoms with E-state index in [0.29, 0.717) is 30.2 Å². The van der Waals surface area contributed by atoms with Crippen molar-refractivity contribution in [2.45, 2.75) is 27.2 Å². The van der Waals surface area contributed by atoms with Crippen LogP contribution in [0.2, 0.25) is 0 Å². The van der Waals surface area contributed by atoms with Crippen LogP contribution >= 0.6 is 0 Å². The number of nitrogens with zero attached hydrogens (tertiary/aromatic N) is 3. The topological polar surface area (TPSA) is 75.0 Å². The summed E-state index contributed by atoms with van der Waals surface area (Å²) in [6.45, 7) is 6.56. The van der Waals surface area contributed by atoms with Gasteiger partial charge in [-0.05, 0) is 51.1 Å². The van der Waals surface area contributed by atoms with Gasteiger partial charge in [-0.15, -0.1) is 0 Å². The highest BCUT2D eigenvalue weighted by molar-refractivity contribution is 5.94. The van der Waals surface area contributed by atoms with E-state index < -0.39 is 0 Å². The van der Waals surface area contributed by atoms with Crippen molar-refractivity contribution in [3.05, 3.63) is 70.5 Å². The third-order valence-corrected chi connectivity index (χ3v) is 4.96. The standard InChI is InChI=1S/C23H24N4O2/c1-14-5-6-19-17(10-14)13-20(24-19)22-25-21(26-29-22)7-8-27(4)23(28)18-11-15(2)9-16(3)12-18/h5-6,9-13,24H,7-8H2,1-4H3. The summed E-state index contributed by atoms with van der Waals surface area (Å²) in [6.07, 6.45) is 0.524. The highest BCUT2D eigenvalue weighted by Crippen LogP contribution is 2.23. The van der Waals surface area contributed by atoms with Crippen molar-refractivity contribution in [1.29, 1.82) is 0 Å². The Hall–Kier alpha value is -3.41. The van der Waals surface area contributed by atoms with Crippen molar-refractivity contribution in [3.8, 4) is 11.6 Å². The molecule has 148 valence electrons. The normalized spacial score (nSPS) is 11.2. The lowest BCUT2D eigenvalue weighted by molar-refractivity contribution is 0.0795. The number of benzene rings is 2. The number of aromatic nitrogens is 3. The number of rotatable bonds is 5. The highest BCUT2D eigenvalue weighted by Gasteiger charge is 2.15. The zero-order valence-corrected chi connectivity index (χ0v) is 17.1. The lowest BCUT2D eigenvalue weighted by Crippen LogP contribution is -2.29. The van der Waals surface area contributed by atoms with Gasteiger partial charge in [0.2, 0.25) is 0 Å². The number of aryl methyl sites for hydroxylation is 3. The SMILES string of the molecule is Cc1cc(C)cc(C(=O)N(C)CCc2noc(-c3cc4cc(C)ccc4[nH]3)n2)c1. The molecule has 1 N–H and O–H groups in total. The third kappa shape index (κ3) is 4.06. The number of amides is 1. The molecule has 29 heavy (non-hydrogen) atoms. The molecule has 0 aliphatic rings. The Morgan fingerprint density at radius 1 is 1.03 bits per heavy atom. The fraction of sp³-hybridized carbons (Fsp3) is 0.261. The number of carbonyl (C=O) groups is 1. The maximum atomic E-state index is 12.7. The first-order valence-electron chi connectivity index (χ1n) is 9.65. The second-order valence-electron chi connectivity index (χ2n) is 7.64. The molecular formula is C23H24N4O2. The smallest absolute Gasteiger partial charge is 0.274 e. The van der Waals surface area contributed by atoms with Gasteiger partial charge in [0.1, 0.15) is 5.69 Å². The van der Waals surface area contributed by atoms with Crippen LogP contribution in [0.3, 0.4) is 0 Å². The molecule has 6 nitrogen and oxygen atoms in total. The summed E-state index contributed by atoms with van der Waals surface area (Å²) in [4.78, 5) is 22.2. The fourth-order valence-electron chi connectivity index (χ4n) is 3.52. The Balaban J connectivity index is 1.44. The Kier molecular flexibility index (Phi) is 4.92. The maximum absolute atomic E-state index is 12.7. The van der Waals surface area contributed by atoms with Gasteiger partial charge >= 0.3 is 0 Å². The van der Waals surface area contributed by atoms with Gasteiger partial charge in [0.05, 0.1) is 0 Å². The summed E-state index contributed by atoms with van der Waals surface area (Å²) in [6, 6.07) is 14.1. The van der Waals surface area contributed by atoms with Crippen molar-refractivity contribution in [2.24, 2.45) is 0 Å². The molecule has 2 aromatic carbocycles. The van der Waals surface area contributed by atoms with Crippen LogP contribution in [0, 0.1) is 20.8 Å². The van der Waals surface area contributed by atoms with Gasteiger partial charge in [-0.3, -0.25) is 4.79 Å². The van der Waals surface area contributed by atoms with Crippen LogP contribution in [-0.4, -0.2) is 39.5 Å². The first-order valence-corrected chi connectivity index (χ1v) is 9.65. The zero-order chi connectivity index (χ0) is 20.5. The summed E-state index contributed by atoms with van der Waals surface area (Å²) in [7, 11) is 1.79. The summed E-state index contributed by atoms with van der Waals surface area (Å²) < 4.78 is 5.42. The maximum Gasteiger partial charge on any atom is 0.274 e. The first-order chi connectivity index (χ1) is 13.9. The molecule has 1 amide bonds. The number of hydrogen-bond donors (Lipinski definition) is 1. The van der Waals surface area contributed by atoms with Crippen LogP contribution in [0.4, 0.5) is 0 Å². The summed E-state index contributed by atoms with van der Waals surface area (Å²) in [5.74, 6) is 1.03. The molecule has 4 aromatic rings. The molecular weight excluding hydrogens is 364 g/mol. The van der Waals surface area contributed by atoms with Gasteiger partial charge in [-0.1, -0.05) is 34.0 Å². The van der Waals surface area contributed by atoms with E-state index in [9.17, 15) is 4.79 Å². The van der Waals surface area contributed by atoms with Crippen LogP contribution in [0.1, 0.15) is 32.9 Å². The van der Waals surface area contributed by atoms with Gasteiger partial charge < -0.3 is 14.4 Å². The van der Waals surface area contributed by atoms with Crippen LogP contribution in [-0.2, 0) is 6.42 Å². The lowest BCUT2D eigenvalue weighted by atomic mass is 10.1. The van der Waals surface area contributed by atoms with Crippen molar-refractivity contribution < 1.29 is 9.32 Å². The molecule has 0 aliphatic carbocycles. The van der Waals surface area contributed by atoms with Gasteiger partial charge in [-0.2, -0.15) is 4.98 Å². The molecule has 0 radical (unpaired) electrons. The molecule has 6 heteroatoms. The van der Waals surface area contributed by atoms with E-state index in [1.807, 2.05) is 38.1 Å². The fourth-order valence-corrected chi connectivity index (χ4v) is 3.52. The minimum atomic E-state index is -0.00787. The second-order valence-corrected chi connectivity index (χ2v) is 7.64. The number of nitrogens with one attached hydrogen (secondary N) is 1. The molecule has 0 fully saturated rings. The van der Waals surface area contributed by atoms with Crippen LogP contribution in [0.5, 0.6) is 0 Å². The minimum absolute atomic E-state index is 0.00787. The number of hydrogen-bond acceptors (Lipinski definition) is 4. The highest BCUT2D eigenvalue weighted by atomic mass is 16.5. The minimum Gasteiger partial charge on any atom is -0.351 e. The summed E-state index contributed by atoms with van der Waals surface area (Å²) >= 11 is 0. The molecule has 2 heterocycles. The van der Waals surface area contributed by atoms with E-state index in [2.05, 4.69) is 40.2 Å². The number of fused-ring (bicyclic) bond motifs is 1. The molecule has 0 saturated heterocycles. The van der Waals surface area contributed by atoms with E-state index in [1.54, 1.807) is 11.9 Å². The third-order valence-electron chi connectivity index (χ3n) is 4.96. The van der Waals surface area contributed by atoms with Gasteiger partial charge in [0.15, 0.2) is 5.82 Å². The average Bonchev–Trinajstić information content (AvgIpc) is 3.31.